The lowest BCUT2D eigenvalue weighted by Crippen LogP contribution is -2.68. The van der Waals surface area contributed by atoms with Crippen LogP contribution >= 0.6 is 11.8 Å². The molecule has 272 valence electrons. The van der Waals surface area contributed by atoms with Crippen molar-refractivity contribution in [2.45, 2.75) is 9.79 Å². The van der Waals surface area contributed by atoms with E-state index in [1.165, 1.54) is 110 Å². The van der Waals surface area contributed by atoms with Crippen molar-refractivity contribution in [2.24, 2.45) is 0 Å². The van der Waals surface area contributed by atoms with Gasteiger partial charge in [-0.15, -0.1) is 0 Å². The minimum absolute atomic E-state index is 0.0576. The molecule has 0 aliphatic carbocycles. The zero-order valence-electron chi connectivity index (χ0n) is 32.1. The standard InChI is InChI=1S/C54H34B2N2S/c1-4-18-35(19-5-1)38-32-39(36-20-6-2-7-21-36)53(40(33-38)37-22-8-3-9-23-37)58-47-30-16-11-25-42(47)55-41-24-10-14-28-45(41)57-46-29-15-12-26-43(46)56-44-27-13-17-31-49(44)59-50-34-48(58)51(55)54(57)52(50)56/h1-34H. The molecule has 4 aliphatic rings. The molecule has 0 amide bonds. The van der Waals surface area contributed by atoms with E-state index in [0.717, 1.165) is 0 Å². The molecule has 0 bridgehead atoms. The summed E-state index contributed by atoms with van der Waals surface area (Å²) >= 11 is 1.93. The number of hydrogen-bond acceptors (Lipinski definition) is 3. The van der Waals surface area contributed by atoms with Gasteiger partial charge in [-0.05, 0) is 92.0 Å². The van der Waals surface area contributed by atoms with Crippen LogP contribution in [0.25, 0.3) is 33.4 Å². The molecule has 59 heavy (non-hydrogen) atoms. The number of hydrogen-bond donors (Lipinski definition) is 0. The maximum absolute atomic E-state index is 2.64. The fraction of sp³-hybridized carbons (Fsp3) is 0. The molecule has 13 rings (SSSR count). The average molecular weight is 765 g/mol. The van der Waals surface area contributed by atoms with Gasteiger partial charge < -0.3 is 9.80 Å². The van der Waals surface area contributed by atoms with Crippen LogP contribution in [0.15, 0.2) is 216 Å². The number of fused-ring (bicyclic) bond motifs is 10. The third-order valence-electron chi connectivity index (χ3n) is 12.9. The summed E-state index contributed by atoms with van der Waals surface area (Å²) in [5.41, 5.74) is 22.9. The van der Waals surface area contributed by atoms with Gasteiger partial charge in [0.2, 0.25) is 6.71 Å². The zero-order chi connectivity index (χ0) is 38.6. The summed E-state index contributed by atoms with van der Waals surface area (Å²) in [6.45, 7) is 0.193. The SMILES string of the molecule is c1ccc(-c2cc(-c3ccccc3)c(N3c4ccccc4B4c5ccccc5N5c6ccccc6B6c7ccccc7Sc7cc3c4c5c76)c(-c3ccccc3)c2)cc1. The van der Waals surface area contributed by atoms with Gasteiger partial charge in [0.1, 0.15) is 0 Å². The Morgan fingerprint density at radius 1 is 0.305 bits per heavy atom. The number of rotatable bonds is 4. The monoisotopic (exact) mass is 764 g/mol. The van der Waals surface area contributed by atoms with Crippen molar-refractivity contribution in [1.82, 2.24) is 0 Å². The van der Waals surface area contributed by atoms with Gasteiger partial charge in [-0.25, -0.2) is 0 Å². The van der Waals surface area contributed by atoms with Gasteiger partial charge in [0.25, 0.3) is 6.71 Å². The summed E-state index contributed by atoms with van der Waals surface area (Å²) in [5, 5.41) is 0. The lowest BCUT2D eigenvalue weighted by molar-refractivity contribution is 1.23. The minimum atomic E-state index is 0.0576. The van der Waals surface area contributed by atoms with Crippen LogP contribution in [0.4, 0.5) is 34.1 Å². The van der Waals surface area contributed by atoms with Gasteiger partial charge in [0.05, 0.1) is 5.69 Å². The molecule has 0 unspecified atom stereocenters. The molecule has 0 radical (unpaired) electrons. The normalized spacial score (nSPS) is 13.6. The highest BCUT2D eigenvalue weighted by Crippen LogP contribution is 2.52. The van der Waals surface area contributed by atoms with Crippen molar-refractivity contribution in [3.8, 4) is 33.4 Å². The smallest absolute Gasteiger partial charge is 0.252 e. The average Bonchev–Trinajstić information content (AvgIpc) is 3.31. The van der Waals surface area contributed by atoms with Crippen molar-refractivity contribution in [3.05, 3.63) is 206 Å². The van der Waals surface area contributed by atoms with Gasteiger partial charge in [0, 0.05) is 49.4 Å². The lowest BCUT2D eigenvalue weighted by Gasteiger charge is -2.49. The van der Waals surface area contributed by atoms with E-state index in [1.54, 1.807) is 0 Å². The van der Waals surface area contributed by atoms with Crippen molar-refractivity contribution in [1.29, 1.82) is 0 Å². The second-order valence-corrected chi connectivity index (χ2v) is 17.0. The molecule has 0 N–H and O–H groups in total. The molecule has 4 heterocycles. The van der Waals surface area contributed by atoms with Gasteiger partial charge in [0.15, 0.2) is 0 Å². The fourth-order valence-corrected chi connectivity index (χ4v) is 11.7. The van der Waals surface area contributed by atoms with Crippen LogP contribution in [0, 0.1) is 0 Å². The maximum atomic E-state index is 2.64. The van der Waals surface area contributed by atoms with E-state index in [2.05, 4.69) is 216 Å². The third kappa shape index (κ3) is 4.74. The zero-order valence-corrected chi connectivity index (χ0v) is 32.9. The van der Waals surface area contributed by atoms with Gasteiger partial charge in [-0.1, -0.05) is 181 Å². The van der Waals surface area contributed by atoms with Crippen LogP contribution in [-0.2, 0) is 0 Å². The molecule has 5 heteroatoms. The van der Waals surface area contributed by atoms with E-state index in [0.29, 0.717) is 0 Å². The minimum Gasteiger partial charge on any atom is -0.312 e. The molecule has 0 atom stereocenters. The molecular formula is C54H34B2N2S. The molecule has 2 nitrogen and oxygen atoms in total. The molecule has 0 spiro atoms. The topological polar surface area (TPSA) is 6.48 Å². The fourth-order valence-electron chi connectivity index (χ4n) is 10.5. The highest BCUT2D eigenvalue weighted by atomic mass is 32.2. The second-order valence-electron chi connectivity index (χ2n) is 15.9. The number of anilines is 6. The van der Waals surface area contributed by atoms with E-state index in [9.17, 15) is 0 Å². The van der Waals surface area contributed by atoms with E-state index < -0.39 is 0 Å². The van der Waals surface area contributed by atoms with Crippen molar-refractivity contribution in [2.75, 3.05) is 9.80 Å². The summed E-state index contributed by atoms with van der Waals surface area (Å²) in [4.78, 5) is 7.91. The molecule has 0 fully saturated rings. The van der Waals surface area contributed by atoms with Crippen LogP contribution in [0.5, 0.6) is 0 Å². The Morgan fingerprint density at radius 2 is 0.729 bits per heavy atom. The van der Waals surface area contributed by atoms with Crippen LogP contribution in [-0.4, -0.2) is 13.4 Å². The highest BCUT2D eigenvalue weighted by molar-refractivity contribution is 8.00. The van der Waals surface area contributed by atoms with Crippen molar-refractivity contribution in [3.63, 3.8) is 0 Å². The summed E-state index contributed by atoms with van der Waals surface area (Å²) in [6, 6.07) is 76.8. The predicted molar refractivity (Wildman–Crippen MR) is 252 cm³/mol. The number of para-hydroxylation sites is 3. The highest BCUT2D eigenvalue weighted by Gasteiger charge is 2.50. The van der Waals surface area contributed by atoms with Gasteiger partial charge in [-0.3, -0.25) is 0 Å². The van der Waals surface area contributed by atoms with Crippen LogP contribution in [0.3, 0.4) is 0 Å². The van der Waals surface area contributed by atoms with Crippen LogP contribution in [0.2, 0.25) is 0 Å². The lowest BCUT2D eigenvalue weighted by atomic mass is 9.29. The molecular weight excluding hydrogens is 730 g/mol. The Hall–Kier alpha value is -6.94. The first-order chi connectivity index (χ1) is 29.3. The molecule has 4 aliphatic heterocycles. The van der Waals surface area contributed by atoms with Crippen LogP contribution in [0.1, 0.15) is 0 Å². The van der Waals surface area contributed by atoms with E-state index in [1.807, 2.05) is 11.8 Å². The van der Waals surface area contributed by atoms with E-state index in [-0.39, 0.29) is 13.4 Å². The molecule has 0 saturated carbocycles. The first kappa shape index (κ1) is 33.1. The molecule has 9 aromatic rings. The van der Waals surface area contributed by atoms with Gasteiger partial charge in [-0.2, -0.15) is 0 Å². The third-order valence-corrected chi connectivity index (χ3v) is 14.0. The summed E-state index contributed by atoms with van der Waals surface area (Å²) < 4.78 is 0. The Balaban J connectivity index is 1.20. The quantitative estimate of drug-likeness (QED) is 0.165. The largest absolute Gasteiger partial charge is 0.312 e. The first-order valence-corrected chi connectivity index (χ1v) is 21.3. The Morgan fingerprint density at radius 3 is 1.27 bits per heavy atom. The number of nitrogens with zero attached hydrogens (tertiary/aromatic N) is 2. The van der Waals surface area contributed by atoms with Gasteiger partial charge >= 0.3 is 0 Å². The predicted octanol–water partition coefficient (Wildman–Crippen LogP) is 10.1. The van der Waals surface area contributed by atoms with E-state index >= 15 is 0 Å². The first-order valence-electron chi connectivity index (χ1n) is 20.5. The Bertz CT molecular complexity index is 3100. The molecule has 0 aromatic heterocycles. The van der Waals surface area contributed by atoms with Crippen molar-refractivity contribution < 1.29 is 0 Å². The second kappa shape index (κ2) is 12.8. The maximum Gasteiger partial charge on any atom is 0.252 e. The molecule has 9 aromatic carbocycles. The summed E-state index contributed by atoms with van der Waals surface area (Å²) in [6.07, 6.45) is 0. The molecule has 0 saturated heterocycles. The summed E-state index contributed by atoms with van der Waals surface area (Å²) in [7, 11) is 0. The summed E-state index contributed by atoms with van der Waals surface area (Å²) in [5.74, 6) is 0. The Labute approximate surface area is 349 Å². The van der Waals surface area contributed by atoms with E-state index in [4.69, 9.17) is 0 Å². The van der Waals surface area contributed by atoms with Crippen LogP contribution < -0.4 is 42.6 Å². The number of benzene rings is 9. The van der Waals surface area contributed by atoms with Crippen molar-refractivity contribution >= 4 is 92.1 Å². The Kier molecular flexibility index (Phi) is 7.16.